The van der Waals surface area contributed by atoms with Gasteiger partial charge in [0.05, 0.1) is 5.75 Å². The summed E-state index contributed by atoms with van der Waals surface area (Å²) in [6.07, 6.45) is 6.25. The van der Waals surface area contributed by atoms with Crippen LogP contribution in [0.1, 0.15) is 25.7 Å². The highest BCUT2D eigenvalue weighted by atomic mass is 32.2. The van der Waals surface area contributed by atoms with Gasteiger partial charge >= 0.3 is 0 Å². The standard InChI is InChI=1S/C11H22N2O2S/c1-13(5-6-16(2,14)15)11-7-9-3-4-10(8-11)12-9/h9-12H,3-8H2,1-2H3. The quantitative estimate of drug-likeness (QED) is 0.772. The van der Waals surface area contributed by atoms with Gasteiger partial charge < -0.3 is 10.2 Å². The number of sulfone groups is 1. The summed E-state index contributed by atoms with van der Waals surface area (Å²) < 4.78 is 22.2. The van der Waals surface area contributed by atoms with Crippen molar-refractivity contribution < 1.29 is 8.42 Å². The summed E-state index contributed by atoms with van der Waals surface area (Å²) in [6, 6.07) is 1.91. The topological polar surface area (TPSA) is 49.4 Å². The van der Waals surface area contributed by atoms with Crippen molar-refractivity contribution in [2.75, 3.05) is 25.6 Å². The van der Waals surface area contributed by atoms with Gasteiger partial charge in [-0.1, -0.05) is 0 Å². The molecule has 16 heavy (non-hydrogen) atoms. The fraction of sp³-hybridized carbons (Fsp3) is 1.00. The second-order valence-corrected chi connectivity index (χ2v) is 7.63. The van der Waals surface area contributed by atoms with Crippen LogP contribution >= 0.6 is 0 Å². The van der Waals surface area contributed by atoms with Crippen molar-refractivity contribution in [3.8, 4) is 0 Å². The number of nitrogens with one attached hydrogen (secondary N) is 1. The Labute approximate surface area is 98.3 Å². The number of nitrogens with zero attached hydrogens (tertiary/aromatic N) is 1. The zero-order valence-electron chi connectivity index (χ0n) is 10.1. The van der Waals surface area contributed by atoms with Crippen LogP contribution in [0.2, 0.25) is 0 Å². The fourth-order valence-corrected chi connectivity index (χ4v) is 3.50. The van der Waals surface area contributed by atoms with Crippen LogP contribution < -0.4 is 5.32 Å². The molecular formula is C11H22N2O2S. The highest BCUT2D eigenvalue weighted by Crippen LogP contribution is 2.29. The normalized spacial score (nSPS) is 34.6. The molecule has 2 aliphatic rings. The molecule has 0 aromatic carbocycles. The van der Waals surface area contributed by atoms with Crippen LogP contribution in [0, 0.1) is 0 Å². The molecule has 4 nitrogen and oxygen atoms in total. The second-order valence-electron chi connectivity index (χ2n) is 5.37. The third kappa shape index (κ3) is 3.18. The van der Waals surface area contributed by atoms with Gasteiger partial charge in [0.2, 0.25) is 0 Å². The Morgan fingerprint density at radius 2 is 1.81 bits per heavy atom. The lowest BCUT2D eigenvalue weighted by atomic mass is 9.99. The minimum absolute atomic E-state index is 0.281. The van der Waals surface area contributed by atoms with Gasteiger partial charge in [-0.05, 0) is 32.7 Å². The van der Waals surface area contributed by atoms with Crippen LogP contribution in [0.4, 0.5) is 0 Å². The Morgan fingerprint density at radius 3 is 2.31 bits per heavy atom. The Balaban J connectivity index is 1.83. The average Bonchev–Trinajstić information content (AvgIpc) is 2.53. The van der Waals surface area contributed by atoms with Gasteiger partial charge in [-0.25, -0.2) is 8.42 Å². The predicted molar refractivity (Wildman–Crippen MR) is 65.3 cm³/mol. The molecule has 2 rings (SSSR count). The molecule has 0 saturated carbocycles. The van der Waals surface area contributed by atoms with Crippen molar-refractivity contribution in [1.29, 1.82) is 0 Å². The highest BCUT2D eigenvalue weighted by molar-refractivity contribution is 7.90. The Morgan fingerprint density at radius 1 is 1.25 bits per heavy atom. The lowest BCUT2D eigenvalue weighted by Gasteiger charge is -2.35. The van der Waals surface area contributed by atoms with Gasteiger partial charge in [-0.15, -0.1) is 0 Å². The molecule has 2 saturated heterocycles. The largest absolute Gasteiger partial charge is 0.311 e. The van der Waals surface area contributed by atoms with Crippen molar-refractivity contribution in [1.82, 2.24) is 10.2 Å². The minimum atomic E-state index is -2.83. The molecule has 1 N–H and O–H groups in total. The van der Waals surface area contributed by atoms with Gasteiger partial charge in [0.25, 0.3) is 0 Å². The molecule has 0 amide bonds. The Hall–Kier alpha value is -0.130. The average molecular weight is 246 g/mol. The first-order chi connectivity index (χ1) is 7.44. The first kappa shape index (κ1) is 12.3. The van der Waals surface area contributed by atoms with Crippen molar-refractivity contribution in [2.45, 2.75) is 43.8 Å². The third-order valence-corrected chi connectivity index (χ3v) is 4.81. The molecule has 2 heterocycles. The summed E-state index contributed by atoms with van der Waals surface area (Å²) in [5.41, 5.74) is 0. The summed E-state index contributed by atoms with van der Waals surface area (Å²) >= 11 is 0. The second kappa shape index (κ2) is 4.63. The van der Waals surface area contributed by atoms with Crippen molar-refractivity contribution in [2.24, 2.45) is 0 Å². The van der Waals surface area contributed by atoms with E-state index in [-0.39, 0.29) is 5.75 Å². The van der Waals surface area contributed by atoms with E-state index < -0.39 is 9.84 Å². The van der Waals surface area contributed by atoms with E-state index in [1.54, 1.807) is 0 Å². The van der Waals surface area contributed by atoms with Crippen LogP contribution in [-0.4, -0.2) is 57.0 Å². The van der Waals surface area contributed by atoms with E-state index >= 15 is 0 Å². The molecule has 0 aliphatic carbocycles. The van der Waals surface area contributed by atoms with Crippen molar-refractivity contribution in [3.05, 3.63) is 0 Å². The summed E-state index contributed by atoms with van der Waals surface area (Å²) in [7, 11) is -0.770. The maximum absolute atomic E-state index is 11.1. The van der Waals surface area contributed by atoms with E-state index in [9.17, 15) is 8.42 Å². The van der Waals surface area contributed by atoms with Crippen LogP contribution in [-0.2, 0) is 9.84 Å². The van der Waals surface area contributed by atoms with Gasteiger partial charge in [0.15, 0.2) is 0 Å². The zero-order valence-corrected chi connectivity index (χ0v) is 11.0. The highest BCUT2D eigenvalue weighted by Gasteiger charge is 2.34. The zero-order chi connectivity index (χ0) is 11.8. The number of hydrogen-bond donors (Lipinski definition) is 1. The van der Waals surface area contributed by atoms with Crippen molar-refractivity contribution >= 4 is 9.84 Å². The molecule has 0 aromatic rings. The monoisotopic (exact) mass is 246 g/mol. The summed E-state index contributed by atoms with van der Waals surface area (Å²) in [5, 5.41) is 3.60. The van der Waals surface area contributed by atoms with E-state index in [1.165, 1.54) is 31.9 Å². The Bertz CT molecular complexity index is 330. The van der Waals surface area contributed by atoms with E-state index in [0.29, 0.717) is 24.7 Å². The van der Waals surface area contributed by atoms with E-state index in [0.717, 1.165) is 0 Å². The van der Waals surface area contributed by atoms with Gasteiger partial charge in [-0.3, -0.25) is 0 Å². The summed E-state index contributed by atoms with van der Waals surface area (Å²) in [6.45, 7) is 0.670. The number of rotatable bonds is 4. The number of fused-ring (bicyclic) bond motifs is 2. The van der Waals surface area contributed by atoms with Gasteiger partial charge in [-0.2, -0.15) is 0 Å². The maximum atomic E-state index is 11.1. The Kier molecular flexibility index (Phi) is 3.56. The summed E-state index contributed by atoms with van der Waals surface area (Å²) in [5.74, 6) is 0.281. The van der Waals surface area contributed by atoms with E-state index in [4.69, 9.17) is 0 Å². The molecule has 0 spiro atoms. The minimum Gasteiger partial charge on any atom is -0.311 e. The molecule has 2 unspecified atom stereocenters. The summed E-state index contributed by atoms with van der Waals surface area (Å²) in [4.78, 5) is 2.23. The molecule has 0 aromatic heterocycles. The van der Waals surface area contributed by atoms with E-state index in [2.05, 4.69) is 17.3 Å². The number of piperidine rings is 1. The number of hydrogen-bond acceptors (Lipinski definition) is 4. The van der Waals surface area contributed by atoms with Crippen LogP contribution in [0.25, 0.3) is 0 Å². The molecule has 94 valence electrons. The first-order valence-electron chi connectivity index (χ1n) is 6.08. The maximum Gasteiger partial charge on any atom is 0.148 e. The first-order valence-corrected chi connectivity index (χ1v) is 8.14. The van der Waals surface area contributed by atoms with Crippen LogP contribution in [0.3, 0.4) is 0 Å². The lowest BCUT2D eigenvalue weighted by Crippen LogP contribution is -2.47. The molecule has 2 atom stereocenters. The fourth-order valence-electron chi connectivity index (χ4n) is 2.88. The van der Waals surface area contributed by atoms with Gasteiger partial charge in [0, 0.05) is 30.9 Å². The molecular weight excluding hydrogens is 224 g/mol. The third-order valence-electron chi connectivity index (χ3n) is 3.89. The van der Waals surface area contributed by atoms with Crippen molar-refractivity contribution in [3.63, 3.8) is 0 Å². The SMILES string of the molecule is CN(CCS(C)(=O)=O)C1CC2CCC(C1)N2. The van der Waals surface area contributed by atoms with Gasteiger partial charge in [0.1, 0.15) is 9.84 Å². The predicted octanol–water partition coefficient (Wildman–Crippen LogP) is 0.246. The lowest BCUT2D eigenvalue weighted by molar-refractivity contribution is 0.180. The molecule has 0 radical (unpaired) electrons. The molecule has 2 aliphatic heterocycles. The van der Waals surface area contributed by atoms with Crippen LogP contribution in [0.5, 0.6) is 0 Å². The molecule has 2 bridgehead atoms. The van der Waals surface area contributed by atoms with E-state index in [1.807, 2.05) is 0 Å². The van der Waals surface area contributed by atoms with Crippen LogP contribution in [0.15, 0.2) is 0 Å². The molecule has 2 fully saturated rings. The molecule has 5 heteroatoms. The smallest absolute Gasteiger partial charge is 0.148 e.